The quantitative estimate of drug-likeness (QED) is 0.616. The molecule has 9 heteroatoms. The number of hydrogen-bond donors (Lipinski definition) is 3. The van der Waals surface area contributed by atoms with Crippen LogP contribution < -0.4 is 20.7 Å². The van der Waals surface area contributed by atoms with Crippen molar-refractivity contribution in [2.24, 2.45) is 0 Å². The van der Waals surface area contributed by atoms with Crippen molar-refractivity contribution in [3.05, 3.63) is 60.2 Å². The number of urea groups is 1. The summed E-state index contributed by atoms with van der Waals surface area (Å²) in [5.41, 5.74) is 0.325. The lowest BCUT2D eigenvalue weighted by Gasteiger charge is -2.08. The molecule has 0 heterocycles. The molecule has 0 radical (unpaired) electrons. The fourth-order valence-corrected chi connectivity index (χ4v) is 1.98. The van der Waals surface area contributed by atoms with E-state index in [1.54, 1.807) is 36.4 Å². The Morgan fingerprint density at radius 1 is 0.893 bits per heavy atom. The van der Waals surface area contributed by atoms with Crippen molar-refractivity contribution in [1.82, 2.24) is 16.0 Å². The molecule has 0 atom stereocenters. The van der Waals surface area contributed by atoms with E-state index in [1.165, 1.54) is 7.05 Å². The van der Waals surface area contributed by atoms with Gasteiger partial charge in [0.15, 0.2) is 6.61 Å². The number of rotatable bonds is 7. The number of carbonyl (C=O) groups excluding carboxylic acids is 4. The highest BCUT2D eigenvalue weighted by molar-refractivity contribution is 5.97. The Hall–Kier alpha value is -3.88. The number of ether oxygens (including phenoxy) is 2. The molecular weight excluding hydrogens is 366 g/mol. The van der Waals surface area contributed by atoms with E-state index in [1.807, 2.05) is 23.5 Å². The zero-order valence-corrected chi connectivity index (χ0v) is 15.1. The van der Waals surface area contributed by atoms with Crippen LogP contribution in [0.2, 0.25) is 0 Å². The minimum absolute atomic E-state index is 0.325. The lowest BCUT2D eigenvalue weighted by atomic mass is 10.2. The van der Waals surface area contributed by atoms with Gasteiger partial charge in [-0.15, -0.1) is 0 Å². The molecular formula is C19H19N3O6. The van der Waals surface area contributed by atoms with Crippen LogP contribution in [-0.2, 0) is 14.3 Å². The molecule has 4 amide bonds. The molecule has 2 aromatic rings. The van der Waals surface area contributed by atoms with E-state index in [0.717, 1.165) is 0 Å². The molecule has 0 spiro atoms. The van der Waals surface area contributed by atoms with Crippen LogP contribution in [0.4, 0.5) is 4.79 Å². The van der Waals surface area contributed by atoms with Gasteiger partial charge in [-0.3, -0.25) is 19.7 Å². The number of amides is 4. The maximum Gasteiger partial charge on any atom is 0.325 e. The van der Waals surface area contributed by atoms with E-state index in [0.29, 0.717) is 17.1 Å². The molecule has 0 aromatic heterocycles. The molecule has 0 aliphatic carbocycles. The molecule has 28 heavy (non-hydrogen) atoms. The SMILES string of the molecule is CNC(=O)NC(=O)COC(=O)CNC(=O)c1ccc(Oc2ccccc2)cc1. The van der Waals surface area contributed by atoms with Crippen molar-refractivity contribution in [2.75, 3.05) is 20.2 Å². The van der Waals surface area contributed by atoms with Gasteiger partial charge in [-0.05, 0) is 36.4 Å². The normalized spacial score (nSPS) is 9.75. The first-order valence-corrected chi connectivity index (χ1v) is 8.26. The average molecular weight is 385 g/mol. The zero-order valence-electron chi connectivity index (χ0n) is 15.1. The smallest absolute Gasteiger partial charge is 0.325 e. The molecule has 9 nitrogen and oxygen atoms in total. The molecule has 0 aliphatic rings. The summed E-state index contributed by atoms with van der Waals surface area (Å²) in [4.78, 5) is 45.8. The molecule has 0 bridgehead atoms. The van der Waals surface area contributed by atoms with Gasteiger partial charge >= 0.3 is 12.0 Å². The molecule has 3 N–H and O–H groups in total. The third-order valence-electron chi connectivity index (χ3n) is 3.33. The standard InChI is InChI=1S/C19H19N3O6/c1-20-19(26)22-16(23)12-27-17(24)11-21-18(25)13-7-9-15(10-8-13)28-14-5-3-2-4-6-14/h2-10H,11-12H2,1H3,(H,21,25)(H2,20,22,23,26). The average Bonchev–Trinajstić information content (AvgIpc) is 2.71. The highest BCUT2D eigenvalue weighted by Gasteiger charge is 2.12. The second kappa shape index (κ2) is 10.3. The van der Waals surface area contributed by atoms with Crippen LogP contribution in [0, 0.1) is 0 Å². The molecule has 0 aliphatic heterocycles. The summed E-state index contributed by atoms with van der Waals surface area (Å²) >= 11 is 0. The summed E-state index contributed by atoms with van der Waals surface area (Å²) in [6.07, 6.45) is 0. The summed E-state index contributed by atoms with van der Waals surface area (Å²) in [5, 5.41) is 6.49. The van der Waals surface area contributed by atoms with E-state index in [9.17, 15) is 19.2 Å². The zero-order chi connectivity index (χ0) is 20.4. The molecule has 0 fully saturated rings. The van der Waals surface area contributed by atoms with E-state index in [2.05, 4.69) is 15.4 Å². The summed E-state index contributed by atoms with van der Waals surface area (Å²) in [7, 11) is 1.34. The predicted octanol–water partition coefficient (Wildman–Crippen LogP) is 1.21. The Labute approximate surface area is 161 Å². The van der Waals surface area contributed by atoms with Gasteiger partial charge in [-0.1, -0.05) is 18.2 Å². The first kappa shape index (κ1) is 20.4. The third-order valence-corrected chi connectivity index (χ3v) is 3.33. The number of nitrogens with one attached hydrogen (secondary N) is 3. The number of carbonyl (C=O) groups is 4. The van der Waals surface area contributed by atoms with Gasteiger partial charge in [0.25, 0.3) is 11.8 Å². The number of hydrogen-bond acceptors (Lipinski definition) is 6. The van der Waals surface area contributed by atoms with Crippen molar-refractivity contribution >= 4 is 23.8 Å². The van der Waals surface area contributed by atoms with Crippen molar-refractivity contribution in [2.45, 2.75) is 0 Å². The van der Waals surface area contributed by atoms with Gasteiger partial charge in [-0.25, -0.2) is 4.79 Å². The van der Waals surface area contributed by atoms with E-state index in [4.69, 9.17) is 4.74 Å². The molecule has 146 valence electrons. The Morgan fingerprint density at radius 2 is 1.54 bits per heavy atom. The van der Waals surface area contributed by atoms with Crippen molar-refractivity contribution < 1.29 is 28.7 Å². The largest absolute Gasteiger partial charge is 0.457 e. The van der Waals surface area contributed by atoms with E-state index >= 15 is 0 Å². The van der Waals surface area contributed by atoms with Crippen LogP contribution in [0.25, 0.3) is 0 Å². The molecule has 2 rings (SSSR count). The highest BCUT2D eigenvalue weighted by atomic mass is 16.5. The monoisotopic (exact) mass is 385 g/mol. The number of esters is 1. The van der Waals surface area contributed by atoms with E-state index < -0.39 is 37.0 Å². The fourth-order valence-electron chi connectivity index (χ4n) is 1.98. The Kier molecular flexibility index (Phi) is 7.53. The third kappa shape index (κ3) is 6.79. The van der Waals surface area contributed by atoms with Gasteiger partial charge in [0.2, 0.25) is 0 Å². The second-order valence-corrected chi connectivity index (χ2v) is 5.41. The maximum absolute atomic E-state index is 12.0. The molecule has 0 unspecified atom stereocenters. The van der Waals surface area contributed by atoms with E-state index in [-0.39, 0.29) is 0 Å². The number of benzene rings is 2. The summed E-state index contributed by atoms with van der Waals surface area (Å²) in [6, 6.07) is 14.8. The van der Waals surface area contributed by atoms with Gasteiger partial charge < -0.3 is 20.1 Å². The lowest BCUT2D eigenvalue weighted by Crippen LogP contribution is -2.40. The van der Waals surface area contributed by atoms with Crippen molar-refractivity contribution in [1.29, 1.82) is 0 Å². The molecule has 0 saturated carbocycles. The molecule has 2 aromatic carbocycles. The highest BCUT2D eigenvalue weighted by Crippen LogP contribution is 2.21. The Morgan fingerprint density at radius 3 is 2.18 bits per heavy atom. The second-order valence-electron chi connectivity index (χ2n) is 5.41. The summed E-state index contributed by atoms with van der Waals surface area (Å²) < 4.78 is 10.3. The number of imide groups is 1. The summed E-state index contributed by atoms with van der Waals surface area (Å²) in [6.45, 7) is -1.05. The van der Waals surface area contributed by atoms with Crippen molar-refractivity contribution in [3.63, 3.8) is 0 Å². The predicted molar refractivity (Wildman–Crippen MR) is 98.8 cm³/mol. The van der Waals surface area contributed by atoms with Gasteiger partial charge in [0.1, 0.15) is 18.0 Å². The van der Waals surface area contributed by atoms with Gasteiger partial charge in [-0.2, -0.15) is 0 Å². The minimum atomic E-state index is -0.815. The Balaban J connectivity index is 1.75. The fraction of sp³-hybridized carbons (Fsp3) is 0.158. The lowest BCUT2D eigenvalue weighted by molar-refractivity contribution is -0.147. The van der Waals surface area contributed by atoms with Crippen LogP contribution in [0.3, 0.4) is 0 Å². The van der Waals surface area contributed by atoms with Gasteiger partial charge in [0, 0.05) is 12.6 Å². The minimum Gasteiger partial charge on any atom is -0.457 e. The first-order valence-electron chi connectivity index (χ1n) is 8.26. The van der Waals surface area contributed by atoms with Gasteiger partial charge in [0.05, 0.1) is 0 Å². The van der Waals surface area contributed by atoms with Crippen molar-refractivity contribution in [3.8, 4) is 11.5 Å². The van der Waals surface area contributed by atoms with Crippen LogP contribution in [0.1, 0.15) is 10.4 Å². The topological polar surface area (TPSA) is 123 Å². The maximum atomic E-state index is 12.0. The van der Waals surface area contributed by atoms with Crippen LogP contribution >= 0.6 is 0 Å². The summed E-state index contributed by atoms with van der Waals surface area (Å²) in [5.74, 6) is -0.859. The van der Waals surface area contributed by atoms with Crippen LogP contribution in [0.15, 0.2) is 54.6 Å². The first-order chi connectivity index (χ1) is 13.5. The van der Waals surface area contributed by atoms with Crippen LogP contribution in [0.5, 0.6) is 11.5 Å². The van der Waals surface area contributed by atoms with Crippen LogP contribution in [-0.4, -0.2) is 44.0 Å². The molecule has 0 saturated heterocycles. The Bertz CT molecular complexity index is 837. The number of para-hydroxylation sites is 1.